The van der Waals surface area contributed by atoms with Gasteiger partial charge in [0.25, 0.3) is 0 Å². The first-order chi connectivity index (χ1) is 21.2. The number of hydrogen-bond acceptors (Lipinski definition) is 8. The summed E-state index contributed by atoms with van der Waals surface area (Å²) in [5.74, 6) is -4.01. The molecule has 45 heavy (non-hydrogen) atoms. The number of halogens is 5. The lowest BCUT2D eigenvalue weighted by molar-refractivity contribution is -0.132. The Labute approximate surface area is 268 Å². The molecule has 3 aromatic rings. The van der Waals surface area contributed by atoms with Crippen molar-refractivity contribution in [2.24, 2.45) is 4.99 Å². The van der Waals surface area contributed by atoms with Gasteiger partial charge in [0.05, 0.1) is 32.7 Å². The van der Waals surface area contributed by atoms with Crippen molar-refractivity contribution >= 4 is 52.1 Å². The molecule has 4 heterocycles. The molecule has 0 spiro atoms. The van der Waals surface area contributed by atoms with Crippen LogP contribution in [0, 0.1) is 24.4 Å². The first kappa shape index (κ1) is 32.5. The highest BCUT2D eigenvalue weighted by Crippen LogP contribution is 2.45. The van der Waals surface area contributed by atoms with Crippen LogP contribution in [0.3, 0.4) is 0 Å². The lowest BCUT2D eigenvalue weighted by Crippen LogP contribution is -2.60. The number of hydrogen-bond donors (Lipinski definition) is 2. The van der Waals surface area contributed by atoms with Gasteiger partial charge in [-0.15, -0.1) is 0 Å². The molecule has 1 unspecified atom stereocenters. The largest absolute Gasteiger partial charge is 0.395 e. The third-order valence-corrected chi connectivity index (χ3v) is 8.76. The number of aromatic nitrogens is 2. The van der Waals surface area contributed by atoms with Crippen molar-refractivity contribution in [2.45, 2.75) is 59.0 Å². The highest BCUT2D eigenvalue weighted by atomic mass is 35.5. The number of aliphatic imine (C=N–C) groups is 1. The van der Waals surface area contributed by atoms with Crippen LogP contribution in [0.4, 0.5) is 30.4 Å². The predicted molar refractivity (Wildman–Crippen MR) is 169 cm³/mol. The standard InChI is InChI=1S/C31H32Cl2F3N7O2/c1-7-19(44)42-15(5)11-41(12-16(42)6)29-17-10-18(34)27(20-21(32)23(35)24(36)25(37)22(20)33)39-30(17)43(31(45)40-29)28-14(4)8-9-38-26(28)13(2)3/h7-10,13,15-16,31,45H,1,11-12,37H2,2-6H3/t15-,16+,31?. The molecular weight excluding hydrogens is 630 g/mol. The molecule has 2 aromatic heterocycles. The summed E-state index contributed by atoms with van der Waals surface area (Å²) in [6.07, 6.45) is 1.33. The van der Waals surface area contributed by atoms with Crippen LogP contribution in [0.2, 0.25) is 10.0 Å². The number of rotatable bonds is 4. The number of nitrogens with zero attached hydrogens (tertiary/aromatic N) is 6. The number of nitrogens with two attached hydrogens (primary N) is 1. The molecule has 0 radical (unpaired) electrons. The number of amides is 1. The molecule has 3 N–H and O–H groups in total. The number of amidine groups is 1. The van der Waals surface area contributed by atoms with E-state index in [1.807, 2.05) is 39.5 Å². The van der Waals surface area contributed by atoms with Gasteiger partial charge in [-0.2, -0.15) is 0 Å². The van der Waals surface area contributed by atoms with Gasteiger partial charge in [0, 0.05) is 36.9 Å². The van der Waals surface area contributed by atoms with Crippen LogP contribution in [0.25, 0.3) is 11.3 Å². The maximum atomic E-state index is 16.1. The van der Waals surface area contributed by atoms with E-state index in [-0.39, 0.29) is 41.1 Å². The average Bonchev–Trinajstić information content (AvgIpc) is 2.99. The number of aryl methyl sites for hydroxylation is 1. The topological polar surface area (TPSA) is 111 Å². The molecule has 238 valence electrons. The number of fused-ring (bicyclic) bond motifs is 1. The van der Waals surface area contributed by atoms with Crippen LogP contribution in [0.1, 0.15) is 50.4 Å². The zero-order valence-corrected chi connectivity index (χ0v) is 26.8. The van der Waals surface area contributed by atoms with Gasteiger partial charge in [-0.3, -0.25) is 14.7 Å². The number of carbonyl (C=O) groups excluding carboxylic acids is 1. The van der Waals surface area contributed by atoms with Gasteiger partial charge in [0.15, 0.2) is 11.6 Å². The van der Waals surface area contributed by atoms with E-state index >= 15 is 4.39 Å². The summed E-state index contributed by atoms with van der Waals surface area (Å²) >= 11 is 12.5. The molecule has 0 bridgehead atoms. The number of anilines is 3. The molecule has 1 aromatic carbocycles. The maximum absolute atomic E-state index is 16.1. The van der Waals surface area contributed by atoms with Crippen molar-refractivity contribution in [1.82, 2.24) is 19.8 Å². The Kier molecular flexibility index (Phi) is 8.78. The molecule has 14 heteroatoms. The van der Waals surface area contributed by atoms with Crippen molar-refractivity contribution in [2.75, 3.05) is 23.7 Å². The van der Waals surface area contributed by atoms with Gasteiger partial charge < -0.3 is 20.6 Å². The molecule has 1 fully saturated rings. The van der Waals surface area contributed by atoms with Gasteiger partial charge in [0.2, 0.25) is 12.3 Å². The third kappa shape index (κ3) is 5.38. The van der Waals surface area contributed by atoms with E-state index < -0.39 is 50.8 Å². The van der Waals surface area contributed by atoms with Gasteiger partial charge in [0.1, 0.15) is 23.2 Å². The van der Waals surface area contributed by atoms with E-state index in [1.165, 1.54) is 11.0 Å². The monoisotopic (exact) mass is 661 g/mol. The number of benzene rings is 1. The lowest BCUT2D eigenvalue weighted by Gasteiger charge is -2.46. The van der Waals surface area contributed by atoms with Crippen LogP contribution < -0.4 is 10.6 Å². The van der Waals surface area contributed by atoms with E-state index in [0.29, 0.717) is 24.5 Å². The summed E-state index contributed by atoms with van der Waals surface area (Å²) in [6.45, 7) is 13.6. The summed E-state index contributed by atoms with van der Waals surface area (Å²) in [6, 6.07) is 2.32. The summed E-state index contributed by atoms with van der Waals surface area (Å²) in [4.78, 5) is 31.2. The van der Waals surface area contributed by atoms with Gasteiger partial charge in [-0.25, -0.2) is 23.1 Å². The minimum absolute atomic E-state index is 0.0437. The molecular formula is C31H32Cl2F3N7O2. The summed E-state index contributed by atoms with van der Waals surface area (Å²) < 4.78 is 45.3. The van der Waals surface area contributed by atoms with E-state index in [1.54, 1.807) is 17.2 Å². The first-order valence-corrected chi connectivity index (χ1v) is 15.0. The summed E-state index contributed by atoms with van der Waals surface area (Å²) in [7, 11) is 0. The molecule has 0 aliphatic carbocycles. The number of pyridine rings is 2. The Balaban J connectivity index is 1.77. The summed E-state index contributed by atoms with van der Waals surface area (Å²) in [5.41, 5.74) is 6.00. The smallest absolute Gasteiger partial charge is 0.246 e. The first-order valence-electron chi connectivity index (χ1n) is 14.2. The van der Waals surface area contributed by atoms with Crippen LogP contribution in [-0.2, 0) is 4.79 Å². The van der Waals surface area contributed by atoms with Crippen molar-refractivity contribution in [1.29, 1.82) is 0 Å². The molecule has 5 rings (SSSR count). The minimum atomic E-state index is -1.56. The van der Waals surface area contributed by atoms with Crippen LogP contribution in [0.5, 0.6) is 0 Å². The Morgan fingerprint density at radius 2 is 1.80 bits per heavy atom. The van der Waals surface area contributed by atoms with Gasteiger partial charge >= 0.3 is 0 Å². The highest BCUT2D eigenvalue weighted by molar-refractivity contribution is 6.41. The minimum Gasteiger partial charge on any atom is -0.395 e. The number of aliphatic hydroxyl groups is 1. The zero-order chi connectivity index (χ0) is 33.1. The fourth-order valence-electron chi connectivity index (χ4n) is 6.02. The number of carbonyl (C=O) groups is 1. The number of piperazine rings is 1. The number of aliphatic hydroxyl groups excluding tert-OH is 1. The maximum Gasteiger partial charge on any atom is 0.246 e. The quantitative estimate of drug-likeness (QED) is 0.149. The molecule has 2 aliphatic heterocycles. The lowest BCUT2D eigenvalue weighted by atomic mass is 10.0. The third-order valence-electron chi connectivity index (χ3n) is 8.02. The average molecular weight is 663 g/mol. The van der Waals surface area contributed by atoms with Crippen molar-refractivity contribution < 1.29 is 23.1 Å². The Morgan fingerprint density at radius 3 is 2.40 bits per heavy atom. The normalized spacial score (nSPS) is 20.0. The second-order valence-electron chi connectivity index (χ2n) is 11.5. The van der Waals surface area contributed by atoms with E-state index in [2.05, 4.69) is 21.5 Å². The van der Waals surface area contributed by atoms with Gasteiger partial charge in [-0.05, 0) is 50.5 Å². The Morgan fingerprint density at radius 1 is 1.16 bits per heavy atom. The Bertz CT molecular complexity index is 1710. The number of nitrogen functional groups attached to an aromatic ring is 1. The molecule has 0 saturated carbocycles. The second kappa shape index (κ2) is 12.1. The Hall–Kier alpha value is -3.87. The van der Waals surface area contributed by atoms with Crippen LogP contribution >= 0.6 is 23.2 Å². The second-order valence-corrected chi connectivity index (χ2v) is 12.2. The van der Waals surface area contributed by atoms with E-state index in [0.717, 1.165) is 11.6 Å². The van der Waals surface area contributed by atoms with Crippen molar-refractivity contribution in [3.05, 3.63) is 75.3 Å². The van der Waals surface area contributed by atoms with Crippen LogP contribution in [-0.4, -0.2) is 68.1 Å². The zero-order valence-electron chi connectivity index (χ0n) is 25.2. The fourth-order valence-corrected chi connectivity index (χ4v) is 6.61. The molecule has 3 atom stereocenters. The highest BCUT2D eigenvalue weighted by Gasteiger charge is 2.40. The molecule has 9 nitrogen and oxygen atoms in total. The SMILES string of the molecule is C=CC(=O)N1[C@H](C)CN(C2=NC(O)N(c3c(C)ccnc3C(C)C)c3nc(-c4c(Cl)c(N)c(F)c(F)c4Cl)c(F)cc32)C[C@@H]1C. The molecule has 2 aliphatic rings. The fraction of sp³-hybridized carbons (Fsp3) is 0.355. The predicted octanol–water partition coefficient (Wildman–Crippen LogP) is 6.16. The van der Waals surface area contributed by atoms with Crippen LogP contribution in [0.15, 0.2) is 36.0 Å². The molecule has 1 amide bonds. The van der Waals surface area contributed by atoms with E-state index in [4.69, 9.17) is 28.9 Å². The van der Waals surface area contributed by atoms with E-state index in [9.17, 15) is 18.7 Å². The van der Waals surface area contributed by atoms with Crippen molar-refractivity contribution in [3.63, 3.8) is 0 Å². The summed E-state index contributed by atoms with van der Waals surface area (Å²) in [5, 5.41) is 10.3. The molecule has 1 saturated heterocycles. The van der Waals surface area contributed by atoms with Gasteiger partial charge in [-0.1, -0.05) is 43.6 Å². The van der Waals surface area contributed by atoms with Crippen molar-refractivity contribution in [3.8, 4) is 11.3 Å².